The smallest absolute Gasteiger partial charge is 0.214 e. The number of ether oxygens (including phenoxy) is 1. The van der Waals surface area contributed by atoms with Crippen molar-refractivity contribution in [3.63, 3.8) is 0 Å². The molecule has 0 unspecified atom stereocenters. The van der Waals surface area contributed by atoms with Crippen LogP contribution in [0.5, 0.6) is 5.88 Å². The van der Waals surface area contributed by atoms with Gasteiger partial charge in [-0.05, 0) is 26.0 Å². The molecule has 1 aliphatic rings. The van der Waals surface area contributed by atoms with Crippen molar-refractivity contribution in [2.45, 2.75) is 18.9 Å². The first-order valence-corrected chi connectivity index (χ1v) is 6.18. The highest BCUT2D eigenvalue weighted by molar-refractivity contribution is 7.80. The topological polar surface area (TPSA) is 51.4 Å². The lowest BCUT2D eigenvalue weighted by molar-refractivity contribution is 0.110. The van der Waals surface area contributed by atoms with Crippen LogP contribution in [0, 0.1) is 0 Å². The van der Waals surface area contributed by atoms with Crippen molar-refractivity contribution in [3.8, 4) is 5.88 Å². The van der Waals surface area contributed by atoms with E-state index >= 15 is 0 Å². The van der Waals surface area contributed by atoms with Crippen molar-refractivity contribution >= 4 is 17.2 Å². The summed E-state index contributed by atoms with van der Waals surface area (Å²) in [7, 11) is 2.13. The Balaban J connectivity index is 1.98. The van der Waals surface area contributed by atoms with Gasteiger partial charge < -0.3 is 15.4 Å². The van der Waals surface area contributed by atoms with Gasteiger partial charge in [-0.2, -0.15) is 0 Å². The lowest BCUT2D eigenvalue weighted by Crippen LogP contribution is -2.35. The minimum Gasteiger partial charge on any atom is -0.474 e. The second kappa shape index (κ2) is 5.42. The highest BCUT2D eigenvalue weighted by Crippen LogP contribution is 2.16. The van der Waals surface area contributed by atoms with E-state index in [4.69, 9.17) is 22.7 Å². The van der Waals surface area contributed by atoms with Crippen molar-refractivity contribution in [1.29, 1.82) is 0 Å². The van der Waals surface area contributed by atoms with Crippen LogP contribution in [0.3, 0.4) is 0 Å². The predicted octanol–water partition coefficient (Wildman–Crippen LogP) is 1.19. The minimum atomic E-state index is 0.250. The van der Waals surface area contributed by atoms with Gasteiger partial charge in [-0.25, -0.2) is 4.98 Å². The number of nitrogens with zero attached hydrogens (tertiary/aromatic N) is 2. The summed E-state index contributed by atoms with van der Waals surface area (Å²) < 4.78 is 5.84. The van der Waals surface area contributed by atoms with Crippen molar-refractivity contribution in [2.24, 2.45) is 5.73 Å². The minimum absolute atomic E-state index is 0.250. The molecule has 0 saturated carbocycles. The number of aromatic nitrogens is 1. The highest BCUT2D eigenvalue weighted by atomic mass is 32.1. The third kappa shape index (κ3) is 3.38. The summed E-state index contributed by atoms with van der Waals surface area (Å²) >= 11 is 4.89. The van der Waals surface area contributed by atoms with Crippen LogP contribution in [0.25, 0.3) is 0 Å². The van der Waals surface area contributed by atoms with Crippen molar-refractivity contribution in [2.75, 3.05) is 20.1 Å². The third-order valence-corrected chi connectivity index (χ3v) is 3.14. The second-order valence-electron chi connectivity index (χ2n) is 4.35. The Kier molecular flexibility index (Phi) is 3.91. The Morgan fingerprint density at radius 2 is 2.18 bits per heavy atom. The summed E-state index contributed by atoms with van der Waals surface area (Å²) in [5.74, 6) is 0.616. The lowest BCUT2D eigenvalue weighted by atomic mass is 10.1. The van der Waals surface area contributed by atoms with Crippen LogP contribution in [0.2, 0.25) is 0 Å². The molecule has 2 N–H and O–H groups in total. The summed E-state index contributed by atoms with van der Waals surface area (Å²) in [5, 5.41) is 0. The van der Waals surface area contributed by atoms with Gasteiger partial charge >= 0.3 is 0 Å². The summed E-state index contributed by atoms with van der Waals surface area (Å²) in [6.45, 7) is 2.14. The zero-order chi connectivity index (χ0) is 12.3. The Bertz CT molecular complexity index is 402. The summed E-state index contributed by atoms with van der Waals surface area (Å²) in [6, 6.07) is 5.51. The van der Waals surface area contributed by atoms with Gasteiger partial charge in [-0.3, -0.25) is 0 Å². The van der Waals surface area contributed by atoms with E-state index in [9.17, 15) is 0 Å². The maximum Gasteiger partial charge on any atom is 0.214 e. The Labute approximate surface area is 107 Å². The molecule has 0 aromatic carbocycles. The SMILES string of the molecule is CN1CCC(Oc2cccc(C(N)=S)n2)CC1. The first-order valence-electron chi connectivity index (χ1n) is 5.77. The van der Waals surface area contributed by atoms with Crippen LogP contribution in [0.1, 0.15) is 18.5 Å². The number of nitrogens with two attached hydrogens (primary N) is 1. The van der Waals surface area contributed by atoms with E-state index in [1.54, 1.807) is 6.07 Å². The van der Waals surface area contributed by atoms with E-state index in [1.807, 2.05) is 12.1 Å². The van der Waals surface area contributed by atoms with Crippen molar-refractivity contribution in [3.05, 3.63) is 23.9 Å². The predicted molar refractivity (Wildman–Crippen MR) is 71.3 cm³/mol. The van der Waals surface area contributed by atoms with Crippen molar-refractivity contribution < 1.29 is 4.74 Å². The second-order valence-corrected chi connectivity index (χ2v) is 4.79. The van der Waals surface area contributed by atoms with E-state index in [0.717, 1.165) is 25.9 Å². The first-order chi connectivity index (χ1) is 8.15. The molecule has 1 saturated heterocycles. The van der Waals surface area contributed by atoms with Crippen LogP contribution in [-0.2, 0) is 0 Å². The molecule has 0 bridgehead atoms. The first kappa shape index (κ1) is 12.3. The van der Waals surface area contributed by atoms with E-state index < -0.39 is 0 Å². The normalized spacial score (nSPS) is 17.9. The van der Waals surface area contributed by atoms with Crippen LogP contribution in [0.4, 0.5) is 0 Å². The zero-order valence-electron chi connectivity index (χ0n) is 9.93. The Morgan fingerprint density at radius 1 is 1.47 bits per heavy atom. The number of rotatable bonds is 3. The molecule has 0 aliphatic carbocycles. The van der Waals surface area contributed by atoms with Crippen LogP contribution < -0.4 is 10.5 Å². The van der Waals surface area contributed by atoms with E-state index in [2.05, 4.69) is 16.9 Å². The molecular formula is C12H17N3OS. The molecule has 2 rings (SSSR count). The molecule has 1 aliphatic heterocycles. The monoisotopic (exact) mass is 251 g/mol. The lowest BCUT2D eigenvalue weighted by Gasteiger charge is -2.28. The van der Waals surface area contributed by atoms with Gasteiger partial charge in [0.25, 0.3) is 0 Å². The van der Waals surface area contributed by atoms with Gasteiger partial charge in [-0.15, -0.1) is 0 Å². The largest absolute Gasteiger partial charge is 0.474 e. The molecular weight excluding hydrogens is 234 g/mol. The molecule has 4 nitrogen and oxygen atoms in total. The number of likely N-dealkylation sites (tertiary alicyclic amines) is 1. The fourth-order valence-corrected chi connectivity index (χ4v) is 2.00. The highest BCUT2D eigenvalue weighted by Gasteiger charge is 2.18. The molecule has 1 aromatic heterocycles. The maximum atomic E-state index is 5.84. The molecule has 5 heteroatoms. The molecule has 0 atom stereocenters. The van der Waals surface area contributed by atoms with E-state index in [1.165, 1.54) is 0 Å². The molecule has 0 spiro atoms. The van der Waals surface area contributed by atoms with Gasteiger partial charge in [0.15, 0.2) is 0 Å². The molecule has 2 heterocycles. The molecule has 0 amide bonds. The molecule has 1 aromatic rings. The fraction of sp³-hybridized carbons (Fsp3) is 0.500. The summed E-state index contributed by atoms with van der Waals surface area (Å²) in [6.07, 6.45) is 2.32. The summed E-state index contributed by atoms with van der Waals surface area (Å²) in [5.41, 5.74) is 6.16. The molecule has 0 radical (unpaired) electrons. The van der Waals surface area contributed by atoms with Crippen LogP contribution >= 0.6 is 12.2 Å². The Hall–Kier alpha value is -1.20. The van der Waals surface area contributed by atoms with E-state index in [-0.39, 0.29) is 6.10 Å². The summed E-state index contributed by atoms with van der Waals surface area (Å²) in [4.78, 5) is 6.89. The molecule has 92 valence electrons. The number of hydrogen-bond donors (Lipinski definition) is 1. The third-order valence-electron chi connectivity index (χ3n) is 2.93. The quantitative estimate of drug-likeness (QED) is 0.818. The number of pyridine rings is 1. The zero-order valence-corrected chi connectivity index (χ0v) is 10.7. The molecule has 17 heavy (non-hydrogen) atoms. The van der Waals surface area contributed by atoms with Crippen LogP contribution in [0.15, 0.2) is 18.2 Å². The van der Waals surface area contributed by atoms with Gasteiger partial charge in [0, 0.05) is 19.2 Å². The maximum absolute atomic E-state index is 5.84. The number of hydrogen-bond acceptors (Lipinski definition) is 4. The number of piperidine rings is 1. The fourth-order valence-electron chi connectivity index (χ4n) is 1.89. The van der Waals surface area contributed by atoms with E-state index in [0.29, 0.717) is 16.6 Å². The Morgan fingerprint density at radius 3 is 2.82 bits per heavy atom. The van der Waals surface area contributed by atoms with Gasteiger partial charge in [-0.1, -0.05) is 18.3 Å². The molecule has 1 fully saturated rings. The average Bonchev–Trinajstić information content (AvgIpc) is 2.32. The van der Waals surface area contributed by atoms with Gasteiger partial charge in [0.1, 0.15) is 16.8 Å². The van der Waals surface area contributed by atoms with Gasteiger partial charge in [0.2, 0.25) is 5.88 Å². The van der Waals surface area contributed by atoms with Gasteiger partial charge in [0.05, 0.1) is 0 Å². The van der Waals surface area contributed by atoms with Crippen molar-refractivity contribution in [1.82, 2.24) is 9.88 Å². The average molecular weight is 251 g/mol. The van der Waals surface area contributed by atoms with Crippen LogP contribution in [-0.4, -0.2) is 41.1 Å². The number of thiocarbonyl (C=S) groups is 1. The standard InChI is InChI=1S/C12H17N3OS/c1-15-7-5-9(6-8-15)16-11-4-2-3-10(14-11)12(13)17/h2-4,9H,5-8H2,1H3,(H2,13,17).